The lowest BCUT2D eigenvalue weighted by Crippen LogP contribution is -1.84. The summed E-state index contributed by atoms with van der Waals surface area (Å²) in [5.41, 5.74) is 0. The predicted octanol–water partition coefficient (Wildman–Crippen LogP) is 4.95. The first-order chi connectivity index (χ1) is 6.86. The molecule has 1 aromatic heterocycles. The van der Waals surface area contributed by atoms with Crippen molar-refractivity contribution in [2.45, 2.75) is 6.92 Å². The van der Waals surface area contributed by atoms with Gasteiger partial charge in [-0.2, -0.15) is 0 Å². The zero-order valence-electron chi connectivity index (χ0n) is 8.38. The normalized spacial score (nSPS) is 9.67. The van der Waals surface area contributed by atoms with Gasteiger partial charge in [0.15, 0.2) is 0 Å². The molecule has 1 nitrogen and oxygen atoms in total. The summed E-state index contributed by atoms with van der Waals surface area (Å²) in [6.07, 6.45) is 0. The van der Waals surface area contributed by atoms with Crippen LogP contribution in [0.4, 0.5) is 0 Å². The highest BCUT2D eigenvalue weighted by Crippen LogP contribution is 2.28. The molecule has 15 heavy (non-hydrogen) atoms. The van der Waals surface area contributed by atoms with Crippen LogP contribution in [0.2, 0.25) is 0 Å². The van der Waals surface area contributed by atoms with Crippen LogP contribution in [0, 0.1) is 6.92 Å². The van der Waals surface area contributed by atoms with E-state index in [1.807, 2.05) is 42.5 Å². The molecule has 0 unspecified atom stereocenters. The van der Waals surface area contributed by atoms with Gasteiger partial charge in [-0.05, 0) is 30.9 Å². The minimum atomic E-state index is 0. The van der Waals surface area contributed by atoms with Gasteiger partial charge in [0, 0.05) is 5.30 Å². The lowest BCUT2D eigenvalue weighted by molar-refractivity contribution is 0.481. The van der Waals surface area contributed by atoms with Crippen molar-refractivity contribution in [3.63, 3.8) is 0 Å². The zero-order valence-corrected chi connectivity index (χ0v) is 11.0. The Kier molecular flexibility index (Phi) is 4.80. The minimum Gasteiger partial charge on any atom is -0.457 e. The minimum absolute atomic E-state index is 0. The fourth-order valence-corrected chi connectivity index (χ4v) is 1.84. The summed E-state index contributed by atoms with van der Waals surface area (Å²) in [5.74, 6) is 3.96. The fraction of sp³-hybridized carbons (Fsp3) is 0.0833. The molecule has 1 heterocycles. The summed E-state index contributed by atoms with van der Waals surface area (Å²) in [6, 6.07) is 13.9. The van der Waals surface area contributed by atoms with Crippen molar-refractivity contribution in [3.05, 3.63) is 53.6 Å². The first-order valence-electron chi connectivity index (χ1n) is 4.51. The number of para-hydroxylation sites is 1. The predicted molar refractivity (Wildman–Crippen MR) is 70.5 cm³/mol. The molecule has 0 spiro atoms. The average Bonchev–Trinajstić information content (AvgIpc) is 2.23. The molecular weight excluding hydrogens is 271 g/mol. The Morgan fingerprint density at radius 2 is 1.73 bits per heavy atom. The smallest absolute Gasteiger partial charge is 0.134 e. The Morgan fingerprint density at radius 1 is 1.00 bits per heavy atom. The fourth-order valence-electron chi connectivity index (χ4n) is 1.19. The molecule has 0 amide bonds. The molecule has 0 aliphatic carbocycles. The molecule has 0 fully saturated rings. The first-order valence-corrected chi connectivity index (χ1v) is 5.47. The number of halogens is 1. The van der Waals surface area contributed by atoms with Crippen molar-refractivity contribution in [1.82, 2.24) is 0 Å². The maximum atomic E-state index is 5.73. The molecule has 2 aromatic rings. The highest BCUT2D eigenvalue weighted by molar-refractivity contribution is 8.93. The Bertz CT molecular complexity index is 417. The van der Waals surface area contributed by atoms with Gasteiger partial charge >= 0.3 is 0 Å². The van der Waals surface area contributed by atoms with Gasteiger partial charge in [0.25, 0.3) is 0 Å². The molecule has 3 heteroatoms. The van der Waals surface area contributed by atoms with Crippen LogP contribution < -0.4 is 4.74 Å². The van der Waals surface area contributed by atoms with Gasteiger partial charge in [0.1, 0.15) is 11.5 Å². The molecule has 0 aliphatic heterocycles. The van der Waals surface area contributed by atoms with Crippen molar-refractivity contribution < 1.29 is 4.74 Å². The first kappa shape index (κ1) is 12.2. The summed E-state index contributed by atoms with van der Waals surface area (Å²) in [6.45, 7) is 2.08. The Labute approximate surface area is 102 Å². The third-order valence-corrected chi connectivity index (χ3v) is 2.86. The molecule has 0 radical (unpaired) electrons. The van der Waals surface area contributed by atoms with Crippen LogP contribution in [0.5, 0.6) is 11.5 Å². The maximum absolute atomic E-state index is 5.73. The van der Waals surface area contributed by atoms with Crippen molar-refractivity contribution >= 4 is 25.2 Å². The van der Waals surface area contributed by atoms with Gasteiger partial charge in [-0.3, -0.25) is 0 Å². The van der Waals surface area contributed by atoms with E-state index in [4.69, 9.17) is 4.74 Å². The highest BCUT2D eigenvalue weighted by Gasteiger charge is 1.98. The summed E-state index contributed by atoms with van der Waals surface area (Å²) in [5, 5.41) is 1.25. The average molecular weight is 283 g/mol. The van der Waals surface area contributed by atoms with Crippen LogP contribution in [0.1, 0.15) is 5.30 Å². The van der Waals surface area contributed by atoms with Crippen molar-refractivity contribution in [2.24, 2.45) is 0 Å². The van der Waals surface area contributed by atoms with E-state index in [1.54, 1.807) is 0 Å². The Hall–Kier alpha value is -0.850. The van der Waals surface area contributed by atoms with Crippen LogP contribution in [-0.4, -0.2) is 0 Å². The Morgan fingerprint density at radius 3 is 2.40 bits per heavy atom. The number of ether oxygens (including phenoxy) is 1. The van der Waals surface area contributed by atoms with Gasteiger partial charge in [-0.15, -0.1) is 17.0 Å². The number of hydrogen-bond acceptors (Lipinski definition) is 1. The highest BCUT2D eigenvalue weighted by atomic mass is 79.9. The second-order valence-electron chi connectivity index (χ2n) is 3.00. The van der Waals surface area contributed by atoms with E-state index in [9.17, 15) is 0 Å². The van der Waals surface area contributed by atoms with E-state index < -0.39 is 0 Å². The van der Waals surface area contributed by atoms with Gasteiger partial charge in [-0.25, -0.2) is 0 Å². The second kappa shape index (κ2) is 5.89. The zero-order chi connectivity index (χ0) is 9.80. The van der Waals surface area contributed by atoms with Crippen molar-refractivity contribution in [1.29, 1.82) is 0 Å². The van der Waals surface area contributed by atoms with E-state index in [2.05, 4.69) is 12.7 Å². The lowest BCUT2D eigenvalue weighted by Gasteiger charge is -2.06. The SMILES string of the molecule is Br.Cc1pcccc1Oc1ccccc1. The molecule has 78 valence electrons. The maximum Gasteiger partial charge on any atom is 0.134 e. The number of hydrogen-bond donors (Lipinski definition) is 0. The molecule has 0 atom stereocenters. The molecule has 2 rings (SSSR count). The molecular formula is C12H12BrOP. The van der Waals surface area contributed by atoms with E-state index in [-0.39, 0.29) is 17.0 Å². The molecule has 0 saturated carbocycles. The van der Waals surface area contributed by atoms with Crippen LogP contribution in [0.15, 0.2) is 48.3 Å². The number of aryl methyl sites for hydroxylation is 1. The van der Waals surface area contributed by atoms with Crippen LogP contribution >= 0.6 is 25.2 Å². The molecule has 1 aromatic carbocycles. The van der Waals surface area contributed by atoms with Gasteiger partial charge in [0.05, 0.1) is 0 Å². The molecule has 0 aliphatic rings. The van der Waals surface area contributed by atoms with Gasteiger partial charge in [0.2, 0.25) is 0 Å². The third kappa shape index (κ3) is 3.33. The Balaban J connectivity index is 0.00000112. The summed E-state index contributed by atoms with van der Waals surface area (Å²) in [4.78, 5) is 0. The van der Waals surface area contributed by atoms with Crippen molar-refractivity contribution in [2.75, 3.05) is 0 Å². The third-order valence-electron chi connectivity index (χ3n) is 1.93. The quantitative estimate of drug-likeness (QED) is 0.758. The van der Waals surface area contributed by atoms with Gasteiger partial charge < -0.3 is 4.74 Å². The van der Waals surface area contributed by atoms with E-state index >= 15 is 0 Å². The summed E-state index contributed by atoms with van der Waals surface area (Å²) in [7, 11) is 1.22. The van der Waals surface area contributed by atoms with Crippen molar-refractivity contribution in [3.8, 4) is 11.5 Å². The topological polar surface area (TPSA) is 9.23 Å². The largest absolute Gasteiger partial charge is 0.457 e. The molecule has 0 saturated heterocycles. The standard InChI is InChI=1S/C12H11OP.BrH/c1-10-12(8-5-9-14-10)13-11-6-3-2-4-7-11;/h2-9H,1H3;1H. The second-order valence-corrected chi connectivity index (χ2v) is 4.23. The molecule has 0 N–H and O–H groups in total. The summed E-state index contributed by atoms with van der Waals surface area (Å²) < 4.78 is 5.73. The van der Waals surface area contributed by atoms with E-state index in [0.717, 1.165) is 11.5 Å². The van der Waals surface area contributed by atoms with Gasteiger partial charge in [-0.1, -0.05) is 32.5 Å². The van der Waals surface area contributed by atoms with Crippen LogP contribution in [0.25, 0.3) is 0 Å². The number of benzene rings is 1. The lowest BCUT2D eigenvalue weighted by atomic mass is 10.3. The molecule has 0 bridgehead atoms. The van der Waals surface area contributed by atoms with Crippen LogP contribution in [-0.2, 0) is 0 Å². The summed E-state index contributed by atoms with van der Waals surface area (Å²) >= 11 is 0. The number of rotatable bonds is 2. The van der Waals surface area contributed by atoms with E-state index in [0.29, 0.717) is 0 Å². The monoisotopic (exact) mass is 282 g/mol. The van der Waals surface area contributed by atoms with E-state index in [1.165, 1.54) is 13.5 Å². The van der Waals surface area contributed by atoms with Crippen LogP contribution in [0.3, 0.4) is 0 Å².